The Balaban J connectivity index is 3.14. The van der Waals surface area contributed by atoms with Crippen molar-refractivity contribution >= 4 is 0 Å². The average molecular weight is 160 g/mol. The summed E-state index contributed by atoms with van der Waals surface area (Å²) in [6.07, 6.45) is 0. The lowest BCUT2D eigenvalue weighted by atomic mass is 9.85. The van der Waals surface area contributed by atoms with Crippen LogP contribution in [0, 0.1) is 13.8 Å². The third-order valence-electron chi connectivity index (χ3n) is 2.07. The van der Waals surface area contributed by atoms with Crippen LogP contribution >= 0.6 is 0 Å². The molecule has 0 unspecified atom stereocenters. The van der Waals surface area contributed by atoms with Crippen molar-refractivity contribution in [1.29, 1.82) is 0 Å². The van der Waals surface area contributed by atoms with E-state index in [1.807, 2.05) is 6.07 Å². The van der Waals surface area contributed by atoms with Gasteiger partial charge in [-0.05, 0) is 36.0 Å². The van der Waals surface area contributed by atoms with Gasteiger partial charge in [0.15, 0.2) is 0 Å². The van der Waals surface area contributed by atoms with E-state index in [2.05, 4.69) is 46.8 Å². The van der Waals surface area contributed by atoms with Gasteiger partial charge in [0, 0.05) is 0 Å². The molecule has 0 aliphatic heterocycles. The molecule has 0 amide bonds. The second-order valence-electron chi connectivity index (χ2n) is 4.23. The fraction of sp³-hybridized carbons (Fsp3) is 0.333. The van der Waals surface area contributed by atoms with E-state index in [4.69, 9.17) is 0 Å². The van der Waals surface area contributed by atoms with Gasteiger partial charge in [-0.2, -0.15) is 0 Å². The van der Waals surface area contributed by atoms with Crippen LogP contribution < -0.4 is 0 Å². The average Bonchev–Trinajstić information content (AvgIpc) is 1.92. The molecule has 0 heterocycles. The Morgan fingerprint density at radius 3 is 2.00 bits per heavy atom. The predicted molar refractivity (Wildman–Crippen MR) is 54.1 cm³/mol. The number of benzene rings is 1. The van der Waals surface area contributed by atoms with Crippen LogP contribution in [0.4, 0.5) is 0 Å². The smallest absolute Gasteiger partial charge is 0.0132 e. The van der Waals surface area contributed by atoms with Crippen LogP contribution in [0.2, 0.25) is 0 Å². The molecule has 1 rings (SSSR count). The standard InChI is InChI=1S/C12H16/c1-9-6-7-11(8-10(9)2)12(3,4)5/h6-8H,1-2H2,3-5H3. The minimum absolute atomic E-state index is 0.208. The molecule has 12 heavy (non-hydrogen) atoms. The molecule has 0 saturated carbocycles. The lowest BCUT2D eigenvalue weighted by Gasteiger charge is -2.19. The molecule has 0 bridgehead atoms. The van der Waals surface area contributed by atoms with E-state index in [0.29, 0.717) is 0 Å². The van der Waals surface area contributed by atoms with Crippen LogP contribution in [0.5, 0.6) is 0 Å². The van der Waals surface area contributed by atoms with Gasteiger partial charge in [-0.3, -0.25) is 0 Å². The summed E-state index contributed by atoms with van der Waals surface area (Å²) in [7, 11) is 0. The molecule has 0 heteroatoms. The predicted octanol–water partition coefficient (Wildman–Crippen LogP) is 3.35. The zero-order valence-electron chi connectivity index (χ0n) is 8.15. The van der Waals surface area contributed by atoms with Crippen molar-refractivity contribution in [3.8, 4) is 0 Å². The second kappa shape index (κ2) is 2.93. The molecular formula is C12H16. The minimum Gasteiger partial charge on any atom is -0.0585 e. The van der Waals surface area contributed by atoms with Gasteiger partial charge in [-0.15, -0.1) is 0 Å². The van der Waals surface area contributed by atoms with E-state index in [-0.39, 0.29) is 5.41 Å². The number of rotatable bonds is 0. The van der Waals surface area contributed by atoms with E-state index in [1.54, 1.807) is 0 Å². The van der Waals surface area contributed by atoms with E-state index in [1.165, 1.54) is 5.56 Å². The van der Waals surface area contributed by atoms with E-state index in [0.717, 1.165) is 11.1 Å². The summed E-state index contributed by atoms with van der Waals surface area (Å²) in [6, 6.07) is 6.27. The molecule has 0 nitrogen and oxygen atoms in total. The van der Waals surface area contributed by atoms with Gasteiger partial charge < -0.3 is 0 Å². The van der Waals surface area contributed by atoms with Crippen LogP contribution in [0.25, 0.3) is 0 Å². The van der Waals surface area contributed by atoms with Crippen LogP contribution in [0.15, 0.2) is 18.2 Å². The monoisotopic (exact) mass is 160 g/mol. The van der Waals surface area contributed by atoms with Gasteiger partial charge in [0.25, 0.3) is 0 Å². The lowest BCUT2D eigenvalue weighted by Crippen LogP contribution is -2.11. The summed E-state index contributed by atoms with van der Waals surface area (Å²) in [5, 5.41) is 0. The molecule has 64 valence electrons. The third kappa shape index (κ3) is 1.88. The van der Waals surface area contributed by atoms with Gasteiger partial charge in [-0.1, -0.05) is 39.0 Å². The molecule has 0 spiro atoms. The maximum absolute atomic E-state index is 3.93. The Labute approximate surface area is 75.6 Å². The van der Waals surface area contributed by atoms with E-state index >= 15 is 0 Å². The molecule has 0 fully saturated rings. The van der Waals surface area contributed by atoms with Crippen molar-refractivity contribution in [2.45, 2.75) is 26.2 Å². The van der Waals surface area contributed by atoms with Crippen molar-refractivity contribution in [3.05, 3.63) is 48.7 Å². The highest BCUT2D eigenvalue weighted by atomic mass is 14.2. The molecule has 1 aromatic rings. The van der Waals surface area contributed by atoms with Crippen molar-refractivity contribution in [2.75, 3.05) is 0 Å². The lowest BCUT2D eigenvalue weighted by molar-refractivity contribution is 0.590. The van der Waals surface area contributed by atoms with Crippen molar-refractivity contribution in [2.24, 2.45) is 0 Å². The molecule has 0 saturated heterocycles. The first-order valence-corrected chi connectivity index (χ1v) is 4.20. The highest BCUT2D eigenvalue weighted by Crippen LogP contribution is 2.23. The number of hydrogen-bond donors (Lipinski definition) is 0. The summed E-state index contributed by atoms with van der Waals surface area (Å²) in [5.41, 5.74) is 3.57. The highest BCUT2D eigenvalue weighted by Gasteiger charge is 2.13. The molecule has 0 atom stereocenters. The normalized spacial score (nSPS) is 11.8. The SMILES string of the molecule is [CH2]c1ccc(C(C)(C)C)cc1[CH2]. The van der Waals surface area contributed by atoms with Gasteiger partial charge in [0.05, 0.1) is 0 Å². The summed E-state index contributed by atoms with van der Waals surface area (Å²) < 4.78 is 0. The van der Waals surface area contributed by atoms with Crippen LogP contribution in [0.1, 0.15) is 37.5 Å². The maximum atomic E-state index is 3.93. The Morgan fingerprint density at radius 1 is 1.00 bits per heavy atom. The summed E-state index contributed by atoms with van der Waals surface area (Å²) in [6.45, 7) is 14.4. The fourth-order valence-electron chi connectivity index (χ4n) is 1.09. The zero-order chi connectivity index (χ0) is 9.35. The minimum atomic E-state index is 0.208. The summed E-state index contributed by atoms with van der Waals surface area (Å²) >= 11 is 0. The topological polar surface area (TPSA) is 0 Å². The Kier molecular flexibility index (Phi) is 2.27. The fourth-order valence-corrected chi connectivity index (χ4v) is 1.09. The van der Waals surface area contributed by atoms with Crippen molar-refractivity contribution < 1.29 is 0 Å². The largest absolute Gasteiger partial charge is 0.0585 e. The van der Waals surface area contributed by atoms with Gasteiger partial charge >= 0.3 is 0 Å². The Bertz CT molecular complexity index is 277. The Morgan fingerprint density at radius 2 is 1.58 bits per heavy atom. The quantitative estimate of drug-likeness (QED) is 0.546. The van der Waals surface area contributed by atoms with Crippen LogP contribution in [-0.2, 0) is 5.41 Å². The molecule has 0 aromatic heterocycles. The third-order valence-corrected chi connectivity index (χ3v) is 2.07. The molecule has 0 aliphatic carbocycles. The number of hydrogen-bond acceptors (Lipinski definition) is 0. The molecule has 0 aliphatic rings. The first-order valence-electron chi connectivity index (χ1n) is 4.20. The molecule has 2 radical (unpaired) electrons. The van der Waals surface area contributed by atoms with Crippen LogP contribution in [0.3, 0.4) is 0 Å². The van der Waals surface area contributed by atoms with E-state index < -0.39 is 0 Å². The summed E-state index contributed by atoms with van der Waals surface area (Å²) in [4.78, 5) is 0. The maximum Gasteiger partial charge on any atom is -0.0132 e. The van der Waals surface area contributed by atoms with Crippen molar-refractivity contribution in [1.82, 2.24) is 0 Å². The van der Waals surface area contributed by atoms with E-state index in [9.17, 15) is 0 Å². The second-order valence-corrected chi connectivity index (χ2v) is 4.23. The molecular weight excluding hydrogens is 144 g/mol. The molecule has 1 aromatic carbocycles. The van der Waals surface area contributed by atoms with Gasteiger partial charge in [-0.25, -0.2) is 0 Å². The molecule has 0 N–H and O–H groups in total. The summed E-state index contributed by atoms with van der Waals surface area (Å²) in [5.74, 6) is 0. The Hall–Kier alpha value is -0.780. The van der Waals surface area contributed by atoms with Gasteiger partial charge in [0.2, 0.25) is 0 Å². The highest BCUT2D eigenvalue weighted by molar-refractivity contribution is 5.38. The first kappa shape index (κ1) is 9.31. The zero-order valence-corrected chi connectivity index (χ0v) is 8.15. The first-order chi connectivity index (χ1) is 5.41. The van der Waals surface area contributed by atoms with Crippen LogP contribution in [-0.4, -0.2) is 0 Å². The van der Waals surface area contributed by atoms with Crippen molar-refractivity contribution in [3.63, 3.8) is 0 Å². The van der Waals surface area contributed by atoms with Gasteiger partial charge in [0.1, 0.15) is 0 Å².